The molecule has 1 aliphatic carbocycles. The Kier molecular flexibility index (Phi) is 3.80. The first-order chi connectivity index (χ1) is 9.56. The molecular weight excluding hydrogens is 266 g/mol. The lowest BCUT2D eigenvalue weighted by Gasteiger charge is -2.45. The Morgan fingerprint density at radius 1 is 1.29 bits per heavy atom. The number of ether oxygens (including phenoxy) is 1. The predicted molar refractivity (Wildman–Crippen MR) is 83.2 cm³/mol. The average molecular weight is 293 g/mol. The lowest BCUT2D eigenvalue weighted by molar-refractivity contribution is 0.0595. The molecule has 5 nitrogen and oxygen atoms in total. The van der Waals surface area contributed by atoms with Crippen LogP contribution in [-0.4, -0.2) is 22.6 Å². The predicted octanol–water partition coefficient (Wildman–Crippen LogP) is 3.34. The highest BCUT2D eigenvalue weighted by Crippen LogP contribution is 2.50. The van der Waals surface area contributed by atoms with Gasteiger partial charge in [0.2, 0.25) is 0 Å². The van der Waals surface area contributed by atoms with E-state index in [2.05, 4.69) is 32.7 Å². The minimum Gasteiger partial charge on any atom is -0.464 e. The summed E-state index contributed by atoms with van der Waals surface area (Å²) in [7, 11) is 1.35. The highest BCUT2D eigenvalue weighted by atomic mass is 16.5. The van der Waals surface area contributed by atoms with Crippen LogP contribution in [0.3, 0.4) is 0 Å². The van der Waals surface area contributed by atoms with Gasteiger partial charge < -0.3 is 15.0 Å². The fourth-order valence-corrected chi connectivity index (χ4v) is 4.24. The molecule has 1 aromatic rings. The minimum absolute atomic E-state index is 0.233. The van der Waals surface area contributed by atoms with Crippen LogP contribution in [-0.2, 0) is 4.74 Å². The van der Waals surface area contributed by atoms with Crippen molar-refractivity contribution < 1.29 is 9.53 Å². The summed E-state index contributed by atoms with van der Waals surface area (Å²) in [4.78, 5) is 16.1. The van der Waals surface area contributed by atoms with Gasteiger partial charge in [-0.3, -0.25) is 0 Å². The summed E-state index contributed by atoms with van der Waals surface area (Å²) >= 11 is 0. The SMILES string of the molecule is COC(=O)c1nc(C)n(C2CC(C)(C)CC(C)(C)C2)c1N. The van der Waals surface area contributed by atoms with Crippen molar-refractivity contribution in [3.8, 4) is 0 Å². The van der Waals surface area contributed by atoms with Gasteiger partial charge in [0.05, 0.1) is 7.11 Å². The molecule has 0 aromatic carbocycles. The summed E-state index contributed by atoms with van der Waals surface area (Å²) < 4.78 is 6.78. The molecule has 0 spiro atoms. The summed E-state index contributed by atoms with van der Waals surface area (Å²) in [5.41, 5.74) is 6.92. The largest absolute Gasteiger partial charge is 0.464 e. The van der Waals surface area contributed by atoms with Crippen LogP contribution < -0.4 is 5.73 Å². The van der Waals surface area contributed by atoms with Gasteiger partial charge in [-0.15, -0.1) is 0 Å². The second-order valence-electron chi connectivity index (χ2n) is 7.82. The number of rotatable bonds is 2. The Morgan fingerprint density at radius 2 is 1.81 bits per heavy atom. The Morgan fingerprint density at radius 3 is 2.29 bits per heavy atom. The molecule has 1 saturated carbocycles. The Hall–Kier alpha value is -1.52. The lowest BCUT2D eigenvalue weighted by Crippen LogP contribution is -2.35. The number of hydrogen-bond acceptors (Lipinski definition) is 4. The maximum Gasteiger partial charge on any atom is 0.360 e. The topological polar surface area (TPSA) is 70.1 Å². The van der Waals surface area contributed by atoms with Gasteiger partial charge in [-0.1, -0.05) is 27.7 Å². The number of aromatic nitrogens is 2. The molecule has 5 heteroatoms. The average Bonchev–Trinajstić information content (AvgIpc) is 2.59. The number of esters is 1. The monoisotopic (exact) mass is 293 g/mol. The van der Waals surface area contributed by atoms with Crippen molar-refractivity contribution in [3.05, 3.63) is 11.5 Å². The van der Waals surface area contributed by atoms with Gasteiger partial charge in [0.1, 0.15) is 11.6 Å². The van der Waals surface area contributed by atoms with E-state index in [0.717, 1.165) is 18.7 Å². The maximum atomic E-state index is 11.8. The molecule has 2 rings (SSSR count). The number of carbonyl (C=O) groups excluding carboxylic acids is 1. The molecule has 1 aromatic heterocycles. The van der Waals surface area contributed by atoms with E-state index in [4.69, 9.17) is 10.5 Å². The molecule has 0 atom stereocenters. The molecule has 0 unspecified atom stereocenters. The first-order valence-corrected chi connectivity index (χ1v) is 7.49. The van der Waals surface area contributed by atoms with E-state index in [1.54, 1.807) is 0 Å². The van der Waals surface area contributed by atoms with Crippen molar-refractivity contribution in [2.45, 2.75) is 59.9 Å². The summed E-state index contributed by atoms with van der Waals surface area (Å²) in [6, 6.07) is 0.273. The van der Waals surface area contributed by atoms with Crippen LogP contribution in [0.2, 0.25) is 0 Å². The molecule has 1 heterocycles. The minimum atomic E-state index is -0.469. The van der Waals surface area contributed by atoms with Crippen LogP contribution in [0.4, 0.5) is 5.82 Å². The molecule has 1 fully saturated rings. The molecule has 0 amide bonds. The van der Waals surface area contributed by atoms with E-state index in [1.807, 2.05) is 11.5 Å². The highest BCUT2D eigenvalue weighted by molar-refractivity contribution is 5.92. The first-order valence-electron chi connectivity index (χ1n) is 7.49. The fraction of sp³-hybridized carbons (Fsp3) is 0.750. The molecule has 2 N–H and O–H groups in total. The zero-order chi connectivity index (χ0) is 16.0. The molecule has 0 saturated heterocycles. The van der Waals surface area contributed by atoms with Crippen LogP contribution in [0.5, 0.6) is 0 Å². The van der Waals surface area contributed by atoms with Crippen LogP contribution in [0.1, 0.15) is 69.3 Å². The summed E-state index contributed by atoms with van der Waals surface area (Å²) in [5, 5.41) is 0. The molecule has 118 valence electrons. The fourth-order valence-electron chi connectivity index (χ4n) is 4.24. The van der Waals surface area contributed by atoms with E-state index in [1.165, 1.54) is 13.5 Å². The quantitative estimate of drug-likeness (QED) is 0.849. The number of imidazole rings is 1. The van der Waals surface area contributed by atoms with Gasteiger partial charge in [0.25, 0.3) is 0 Å². The van der Waals surface area contributed by atoms with Crippen molar-refractivity contribution in [1.29, 1.82) is 0 Å². The van der Waals surface area contributed by atoms with Gasteiger partial charge in [0.15, 0.2) is 5.69 Å². The Labute approximate surface area is 126 Å². The lowest BCUT2D eigenvalue weighted by atomic mass is 9.63. The number of nitrogens with zero attached hydrogens (tertiary/aromatic N) is 2. The van der Waals surface area contributed by atoms with Crippen LogP contribution in [0.25, 0.3) is 0 Å². The first kappa shape index (κ1) is 15.9. The number of methoxy groups -OCH3 is 1. The van der Waals surface area contributed by atoms with Crippen LogP contribution >= 0.6 is 0 Å². The third-order valence-corrected chi connectivity index (χ3v) is 4.40. The summed E-state index contributed by atoms with van der Waals surface area (Å²) in [6.45, 7) is 11.1. The number of anilines is 1. The summed E-state index contributed by atoms with van der Waals surface area (Å²) in [5.74, 6) is 0.743. The van der Waals surface area contributed by atoms with E-state index in [-0.39, 0.29) is 22.6 Å². The third kappa shape index (κ3) is 3.06. The normalized spacial score (nSPS) is 21.2. The zero-order valence-electron chi connectivity index (χ0n) is 14.0. The Balaban J connectivity index is 2.42. The summed E-state index contributed by atoms with van der Waals surface area (Å²) in [6.07, 6.45) is 3.27. The maximum absolute atomic E-state index is 11.8. The van der Waals surface area contributed by atoms with E-state index in [9.17, 15) is 4.79 Å². The number of aryl methyl sites for hydroxylation is 1. The molecular formula is C16H27N3O2. The molecule has 1 aliphatic rings. The van der Waals surface area contributed by atoms with E-state index < -0.39 is 5.97 Å². The number of hydrogen-bond donors (Lipinski definition) is 1. The van der Waals surface area contributed by atoms with Crippen molar-refractivity contribution in [1.82, 2.24) is 9.55 Å². The zero-order valence-corrected chi connectivity index (χ0v) is 14.0. The number of nitrogens with two attached hydrogens (primary N) is 1. The van der Waals surface area contributed by atoms with Gasteiger partial charge in [-0.25, -0.2) is 9.78 Å². The molecule has 0 bridgehead atoms. The van der Waals surface area contributed by atoms with E-state index in [0.29, 0.717) is 5.82 Å². The molecule has 21 heavy (non-hydrogen) atoms. The van der Waals surface area contributed by atoms with Gasteiger partial charge in [0, 0.05) is 6.04 Å². The highest BCUT2D eigenvalue weighted by Gasteiger charge is 2.40. The van der Waals surface area contributed by atoms with Gasteiger partial charge in [-0.05, 0) is 37.0 Å². The molecule has 0 aliphatic heterocycles. The van der Waals surface area contributed by atoms with Crippen molar-refractivity contribution >= 4 is 11.8 Å². The van der Waals surface area contributed by atoms with Crippen molar-refractivity contribution in [3.63, 3.8) is 0 Å². The van der Waals surface area contributed by atoms with Crippen molar-refractivity contribution in [2.24, 2.45) is 10.8 Å². The van der Waals surface area contributed by atoms with E-state index >= 15 is 0 Å². The van der Waals surface area contributed by atoms with Crippen molar-refractivity contribution in [2.75, 3.05) is 12.8 Å². The van der Waals surface area contributed by atoms with Crippen LogP contribution in [0, 0.1) is 17.8 Å². The smallest absolute Gasteiger partial charge is 0.360 e. The second-order valence-corrected chi connectivity index (χ2v) is 7.82. The number of carbonyl (C=O) groups is 1. The second kappa shape index (κ2) is 5.04. The van der Waals surface area contributed by atoms with Gasteiger partial charge in [-0.2, -0.15) is 0 Å². The van der Waals surface area contributed by atoms with Gasteiger partial charge >= 0.3 is 5.97 Å². The Bertz CT molecular complexity index is 542. The molecule has 0 radical (unpaired) electrons. The number of nitrogen functional groups attached to an aromatic ring is 1. The standard InChI is InChI=1S/C16H27N3O2/c1-10-18-12(14(20)21-6)13(17)19(10)11-7-15(2,3)9-16(4,5)8-11/h11H,7-9,17H2,1-6H3. The third-order valence-electron chi connectivity index (χ3n) is 4.40. The van der Waals surface area contributed by atoms with Crippen LogP contribution in [0.15, 0.2) is 0 Å².